The van der Waals surface area contributed by atoms with Crippen molar-refractivity contribution >= 4 is 17.6 Å². The Morgan fingerprint density at radius 1 is 1.29 bits per heavy atom. The first-order valence-electron chi connectivity index (χ1n) is 5.80. The molecule has 3 N–H and O–H groups in total. The molecular formula is C13H11F3N4S. The van der Waals surface area contributed by atoms with E-state index in [1.54, 1.807) is 19.2 Å². The van der Waals surface area contributed by atoms with Crippen molar-refractivity contribution in [3.63, 3.8) is 0 Å². The Balaban J connectivity index is 2.40. The van der Waals surface area contributed by atoms with Crippen LogP contribution in [0.25, 0.3) is 0 Å². The van der Waals surface area contributed by atoms with E-state index in [1.807, 2.05) is 0 Å². The number of hydrogen-bond acceptors (Lipinski definition) is 4. The van der Waals surface area contributed by atoms with Crippen molar-refractivity contribution in [3.05, 3.63) is 47.3 Å². The minimum atomic E-state index is -4.58. The molecule has 1 heterocycles. The second-order valence-corrected chi connectivity index (χ2v) is 5.24. The van der Waals surface area contributed by atoms with Crippen LogP contribution in [0.15, 0.2) is 40.5 Å². The Labute approximate surface area is 123 Å². The number of halogens is 3. The molecule has 110 valence electrons. The highest BCUT2D eigenvalue weighted by atomic mass is 32.2. The molecule has 0 aliphatic rings. The number of benzene rings is 1. The fraction of sp³-hybridized carbons (Fsp3) is 0.154. The average molecular weight is 312 g/mol. The van der Waals surface area contributed by atoms with E-state index in [1.165, 1.54) is 12.1 Å². The molecule has 0 fully saturated rings. The maximum atomic E-state index is 13.0. The number of nitrogen functional groups attached to an aromatic ring is 1. The maximum absolute atomic E-state index is 13.0. The third kappa shape index (κ3) is 3.72. The Kier molecular flexibility index (Phi) is 4.17. The van der Waals surface area contributed by atoms with Gasteiger partial charge in [0.15, 0.2) is 5.16 Å². The molecule has 0 saturated heterocycles. The van der Waals surface area contributed by atoms with E-state index in [-0.39, 0.29) is 5.56 Å². The van der Waals surface area contributed by atoms with Crippen LogP contribution in [0.5, 0.6) is 0 Å². The van der Waals surface area contributed by atoms with E-state index >= 15 is 0 Å². The van der Waals surface area contributed by atoms with Gasteiger partial charge in [-0.3, -0.25) is 5.41 Å². The van der Waals surface area contributed by atoms with Crippen LogP contribution < -0.4 is 5.73 Å². The van der Waals surface area contributed by atoms with E-state index in [0.29, 0.717) is 10.1 Å². The molecule has 2 aromatic rings. The van der Waals surface area contributed by atoms with Gasteiger partial charge in [0, 0.05) is 22.3 Å². The zero-order chi connectivity index (χ0) is 15.6. The van der Waals surface area contributed by atoms with Gasteiger partial charge in [0.05, 0.1) is 5.56 Å². The number of amidine groups is 1. The minimum Gasteiger partial charge on any atom is -0.384 e. The number of nitrogens with two attached hydrogens (primary N) is 1. The smallest absolute Gasteiger partial charge is 0.384 e. The first-order valence-corrected chi connectivity index (χ1v) is 6.62. The number of nitrogens with zero attached hydrogens (tertiary/aromatic N) is 2. The molecule has 21 heavy (non-hydrogen) atoms. The molecule has 1 aromatic heterocycles. The number of alkyl halides is 3. The van der Waals surface area contributed by atoms with E-state index in [0.717, 1.165) is 23.5 Å². The van der Waals surface area contributed by atoms with E-state index in [2.05, 4.69) is 9.97 Å². The fourth-order valence-electron chi connectivity index (χ4n) is 1.64. The van der Waals surface area contributed by atoms with Gasteiger partial charge >= 0.3 is 6.18 Å². The molecule has 0 atom stereocenters. The largest absolute Gasteiger partial charge is 0.417 e. The Morgan fingerprint density at radius 2 is 2.00 bits per heavy atom. The summed E-state index contributed by atoms with van der Waals surface area (Å²) in [5, 5.41) is 7.58. The highest BCUT2D eigenvalue weighted by Gasteiger charge is 2.34. The number of aryl methyl sites for hydroxylation is 1. The molecule has 0 aliphatic carbocycles. The van der Waals surface area contributed by atoms with Crippen LogP contribution in [0, 0.1) is 12.3 Å². The number of aromatic nitrogens is 2. The van der Waals surface area contributed by atoms with Crippen LogP contribution in [0.2, 0.25) is 0 Å². The van der Waals surface area contributed by atoms with Crippen molar-refractivity contribution in [2.75, 3.05) is 0 Å². The normalized spacial score (nSPS) is 11.4. The summed E-state index contributed by atoms with van der Waals surface area (Å²) >= 11 is 1.02. The van der Waals surface area contributed by atoms with Gasteiger partial charge in [-0.25, -0.2) is 9.97 Å². The Morgan fingerprint density at radius 3 is 2.57 bits per heavy atom. The van der Waals surface area contributed by atoms with Crippen molar-refractivity contribution in [3.8, 4) is 0 Å². The minimum absolute atomic E-state index is 0.331. The summed E-state index contributed by atoms with van der Waals surface area (Å²) in [4.78, 5) is 8.44. The molecule has 0 spiro atoms. The molecule has 0 unspecified atom stereocenters. The molecule has 0 radical (unpaired) electrons. The van der Waals surface area contributed by atoms with Crippen molar-refractivity contribution in [2.45, 2.75) is 23.2 Å². The Bertz CT molecular complexity index is 685. The van der Waals surface area contributed by atoms with Crippen LogP contribution in [-0.4, -0.2) is 15.8 Å². The first kappa shape index (κ1) is 15.3. The van der Waals surface area contributed by atoms with Gasteiger partial charge in [-0.2, -0.15) is 13.2 Å². The van der Waals surface area contributed by atoms with Gasteiger partial charge in [0.2, 0.25) is 0 Å². The summed E-state index contributed by atoms with van der Waals surface area (Å²) < 4.78 is 39.0. The first-order chi connectivity index (χ1) is 9.77. The quantitative estimate of drug-likeness (QED) is 0.518. The molecule has 8 heteroatoms. The van der Waals surface area contributed by atoms with Gasteiger partial charge in [-0.15, -0.1) is 0 Å². The number of hydrogen-bond donors (Lipinski definition) is 2. The van der Waals surface area contributed by atoms with Crippen LogP contribution in [-0.2, 0) is 6.18 Å². The van der Waals surface area contributed by atoms with Crippen LogP contribution in [0.3, 0.4) is 0 Å². The molecule has 0 aliphatic heterocycles. The summed E-state index contributed by atoms with van der Waals surface area (Å²) in [7, 11) is 0. The SMILES string of the molecule is Cc1ccnc(Sc2ccc(C(=N)N)c(C(F)(F)F)c2)n1. The van der Waals surface area contributed by atoms with Crippen molar-refractivity contribution in [1.82, 2.24) is 9.97 Å². The van der Waals surface area contributed by atoms with Gasteiger partial charge in [-0.05, 0) is 43.0 Å². The van der Waals surface area contributed by atoms with Crippen LogP contribution in [0.1, 0.15) is 16.8 Å². The van der Waals surface area contributed by atoms with Gasteiger partial charge in [0.1, 0.15) is 5.84 Å². The molecule has 1 aromatic carbocycles. The second-order valence-electron chi connectivity index (χ2n) is 4.20. The summed E-state index contributed by atoms with van der Waals surface area (Å²) in [6.07, 6.45) is -3.04. The van der Waals surface area contributed by atoms with E-state index in [9.17, 15) is 13.2 Å². The summed E-state index contributed by atoms with van der Waals surface area (Å²) in [5.74, 6) is -0.620. The Hall–Kier alpha value is -2.09. The predicted octanol–water partition coefficient (Wildman–Crippen LogP) is 3.24. The zero-order valence-corrected chi connectivity index (χ0v) is 11.7. The standard InChI is InChI=1S/C13H11F3N4S/c1-7-4-5-19-12(20-7)21-8-2-3-9(11(17)18)10(6-8)13(14,15)16/h2-6H,1H3,(H3,17,18). The monoisotopic (exact) mass is 312 g/mol. The number of rotatable bonds is 3. The predicted molar refractivity (Wildman–Crippen MR) is 73.4 cm³/mol. The van der Waals surface area contributed by atoms with E-state index in [4.69, 9.17) is 11.1 Å². The maximum Gasteiger partial charge on any atom is 0.417 e. The number of nitrogens with one attached hydrogen (secondary N) is 1. The van der Waals surface area contributed by atoms with Crippen molar-refractivity contribution < 1.29 is 13.2 Å². The topological polar surface area (TPSA) is 75.7 Å². The average Bonchev–Trinajstić information content (AvgIpc) is 2.37. The fourth-order valence-corrected chi connectivity index (χ4v) is 2.46. The molecular weight excluding hydrogens is 301 g/mol. The van der Waals surface area contributed by atoms with Crippen molar-refractivity contribution in [2.24, 2.45) is 5.73 Å². The lowest BCUT2D eigenvalue weighted by Gasteiger charge is -2.13. The summed E-state index contributed by atoms with van der Waals surface area (Å²) in [6, 6.07) is 5.29. The molecule has 0 amide bonds. The summed E-state index contributed by atoms with van der Waals surface area (Å²) in [5.41, 5.74) is 4.64. The van der Waals surface area contributed by atoms with Crippen molar-refractivity contribution in [1.29, 1.82) is 5.41 Å². The van der Waals surface area contributed by atoms with Crippen LogP contribution >= 0.6 is 11.8 Å². The van der Waals surface area contributed by atoms with E-state index < -0.39 is 17.6 Å². The molecule has 2 rings (SSSR count). The molecule has 0 bridgehead atoms. The third-order valence-electron chi connectivity index (χ3n) is 2.57. The van der Waals surface area contributed by atoms with Gasteiger partial charge < -0.3 is 5.73 Å². The highest BCUT2D eigenvalue weighted by Crippen LogP contribution is 2.35. The second kappa shape index (κ2) is 5.72. The zero-order valence-electron chi connectivity index (χ0n) is 10.9. The van der Waals surface area contributed by atoms with Gasteiger partial charge in [-0.1, -0.05) is 0 Å². The highest BCUT2D eigenvalue weighted by molar-refractivity contribution is 7.99. The third-order valence-corrected chi connectivity index (χ3v) is 3.44. The molecule has 4 nitrogen and oxygen atoms in total. The molecule has 0 saturated carbocycles. The lowest BCUT2D eigenvalue weighted by Crippen LogP contribution is -2.18. The van der Waals surface area contributed by atoms with Gasteiger partial charge in [0.25, 0.3) is 0 Å². The van der Waals surface area contributed by atoms with Crippen LogP contribution in [0.4, 0.5) is 13.2 Å². The lowest BCUT2D eigenvalue weighted by molar-refractivity contribution is -0.137. The summed E-state index contributed by atoms with van der Waals surface area (Å²) in [6.45, 7) is 1.77. The lowest BCUT2D eigenvalue weighted by atomic mass is 10.1.